The molecule has 1 aromatic rings. The number of ether oxygens (including phenoxy) is 1. The Kier molecular flexibility index (Phi) is 3.63. The van der Waals surface area contributed by atoms with Gasteiger partial charge in [-0.2, -0.15) is 0 Å². The van der Waals surface area contributed by atoms with Crippen LogP contribution in [0.2, 0.25) is 0 Å². The standard InChI is InChI=1S/C10H10BrFO2/c1-6(11)10(13)8-5-7(14-2)3-4-9(8)12/h3-6H,1-2H3. The summed E-state index contributed by atoms with van der Waals surface area (Å²) in [5, 5.41) is 0. The van der Waals surface area contributed by atoms with Crippen molar-refractivity contribution < 1.29 is 13.9 Å². The maximum absolute atomic E-state index is 13.2. The number of halogens is 2. The van der Waals surface area contributed by atoms with Crippen molar-refractivity contribution in [3.05, 3.63) is 29.6 Å². The lowest BCUT2D eigenvalue weighted by atomic mass is 10.1. The zero-order valence-corrected chi connectivity index (χ0v) is 9.47. The molecule has 14 heavy (non-hydrogen) atoms. The highest BCUT2D eigenvalue weighted by Crippen LogP contribution is 2.19. The molecule has 0 heterocycles. The quantitative estimate of drug-likeness (QED) is 0.617. The summed E-state index contributed by atoms with van der Waals surface area (Å²) in [6, 6.07) is 4.10. The fourth-order valence-electron chi connectivity index (χ4n) is 1.03. The maximum Gasteiger partial charge on any atom is 0.179 e. The van der Waals surface area contributed by atoms with E-state index in [2.05, 4.69) is 15.9 Å². The molecule has 0 aliphatic rings. The minimum Gasteiger partial charge on any atom is -0.497 e. The van der Waals surface area contributed by atoms with Crippen molar-refractivity contribution >= 4 is 21.7 Å². The van der Waals surface area contributed by atoms with Crippen LogP contribution in [-0.4, -0.2) is 17.7 Å². The number of Topliss-reactive ketones (excluding diaryl/α,β-unsaturated/α-hetero) is 1. The fraction of sp³-hybridized carbons (Fsp3) is 0.300. The summed E-state index contributed by atoms with van der Waals surface area (Å²) in [5.74, 6) is -0.341. The number of carbonyl (C=O) groups excluding carboxylic acids is 1. The summed E-state index contributed by atoms with van der Waals surface area (Å²) in [4.78, 5) is 11.1. The third-order valence-corrected chi connectivity index (χ3v) is 2.22. The van der Waals surface area contributed by atoms with Gasteiger partial charge >= 0.3 is 0 Å². The van der Waals surface area contributed by atoms with E-state index in [1.807, 2.05) is 0 Å². The number of hydrogen-bond donors (Lipinski definition) is 0. The number of hydrogen-bond acceptors (Lipinski definition) is 2. The van der Waals surface area contributed by atoms with E-state index in [9.17, 15) is 9.18 Å². The first kappa shape index (κ1) is 11.2. The molecule has 0 saturated heterocycles. The summed E-state index contributed by atoms with van der Waals surface area (Å²) < 4.78 is 18.1. The second-order valence-corrected chi connectivity index (χ2v) is 4.20. The van der Waals surface area contributed by atoms with Crippen LogP contribution in [0, 0.1) is 5.82 Å². The summed E-state index contributed by atoms with van der Waals surface area (Å²) in [6.45, 7) is 1.65. The van der Waals surface area contributed by atoms with Gasteiger partial charge < -0.3 is 4.74 Å². The van der Waals surface area contributed by atoms with Gasteiger partial charge in [0.15, 0.2) is 5.78 Å². The van der Waals surface area contributed by atoms with E-state index in [1.54, 1.807) is 6.92 Å². The lowest BCUT2D eigenvalue weighted by Gasteiger charge is -2.06. The molecule has 0 amide bonds. The first-order valence-electron chi connectivity index (χ1n) is 4.08. The Morgan fingerprint density at radius 2 is 2.21 bits per heavy atom. The number of benzene rings is 1. The van der Waals surface area contributed by atoms with Crippen molar-refractivity contribution in [1.29, 1.82) is 0 Å². The first-order valence-corrected chi connectivity index (χ1v) is 4.99. The number of alkyl halides is 1. The highest BCUT2D eigenvalue weighted by atomic mass is 79.9. The molecule has 1 atom stereocenters. The molecule has 0 N–H and O–H groups in total. The van der Waals surface area contributed by atoms with Crippen LogP contribution in [0.15, 0.2) is 18.2 Å². The Balaban J connectivity index is 3.12. The Hall–Kier alpha value is -0.900. The van der Waals surface area contributed by atoms with Crippen LogP contribution >= 0.6 is 15.9 Å². The number of carbonyl (C=O) groups is 1. The lowest BCUT2D eigenvalue weighted by molar-refractivity contribution is 0.0991. The summed E-state index contributed by atoms with van der Waals surface area (Å²) in [6.07, 6.45) is 0. The molecule has 1 aromatic carbocycles. The van der Waals surface area contributed by atoms with Gasteiger partial charge in [-0.3, -0.25) is 4.79 Å². The van der Waals surface area contributed by atoms with Crippen LogP contribution < -0.4 is 4.74 Å². The predicted octanol–water partition coefficient (Wildman–Crippen LogP) is 2.80. The van der Waals surface area contributed by atoms with Crippen LogP contribution in [0.3, 0.4) is 0 Å². The zero-order chi connectivity index (χ0) is 10.7. The summed E-state index contributed by atoms with van der Waals surface area (Å²) in [7, 11) is 1.47. The molecular formula is C10H10BrFO2. The van der Waals surface area contributed by atoms with E-state index >= 15 is 0 Å². The van der Waals surface area contributed by atoms with Gasteiger partial charge in [0, 0.05) is 0 Å². The monoisotopic (exact) mass is 260 g/mol. The molecule has 2 nitrogen and oxygen atoms in total. The van der Waals surface area contributed by atoms with Crippen molar-refractivity contribution in [2.75, 3.05) is 7.11 Å². The molecule has 0 bridgehead atoms. The van der Waals surface area contributed by atoms with Gasteiger partial charge in [0.25, 0.3) is 0 Å². The van der Waals surface area contributed by atoms with Gasteiger partial charge in [0.2, 0.25) is 0 Å². The van der Waals surface area contributed by atoms with Crippen molar-refractivity contribution in [3.63, 3.8) is 0 Å². The van der Waals surface area contributed by atoms with E-state index in [0.29, 0.717) is 5.75 Å². The number of methoxy groups -OCH3 is 1. The molecule has 4 heteroatoms. The van der Waals surface area contributed by atoms with Gasteiger partial charge in [-0.1, -0.05) is 15.9 Å². The highest BCUT2D eigenvalue weighted by molar-refractivity contribution is 9.10. The molecule has 1 unspecified atom stereocenters. The molecule has 1 rings (SSSR count). The van der Waals surface area contributed by atoms with Crippen molar-refractivity contribution in [2.45, 2.75) is 11.8 Å². The zero-order valence-electron chi connectivity index (χ0n) is 7.88. The van der Waals surface area contributed by atoms with Crippen LogP contribution in [0.1, 0.15) is 17.3 Å². The third kappa shape index (κ3) is 2.32. The van der Waals surface area contributed by atoms with Crippen molar-refractivity contribution in [2.24, 2.45) is 0 Å². The van der Waals surface area contributed by atoms with Gasteiger partial charge in [0.1, 0.15) is 11.6 Å². The Bertz CT molecular complexity index is 350. The third-order valence-electron chi connectivity index (χ3n) is 1.80. The molecule has 0 aromatic heterocycles. The van der Waals surface area contributed by atoms with Gasteiger partial charge in [-0.15, -0.1) is 0 Å². The minimum atomic E-state index is -0.526. The maximum atomic E-state index is 13.2. The second kappa shape index (κ2) is 4.55. The second-order valence-electron chi connectivity index (χ2n) is 2.83. The van der Waals surface area contributed by atoms with Gasteiger partial charge in [-0.25, -0.2) is 4.39 Å². The predicted molar refractivity (Wildman–Crippen MR) is 55.7 cm³/mol. The molecule has 0 aliphatic heterocycles. The molecule has 0 spiro atoms. The van der Waals surface area contributed by atoms with Crippen LogP contribution in [-0.2, 0) is 0 Å². The van der Waals surface area contributed by atoms with E-state index in [4.69, 9.17) is 4.74 Å². The van der Waals surface area contributed by atoms with Gasteiger partial charge in [0.05, 0.1) is 17.5 Å². The Morgan fingerprint density at radius 1 is 1.57 bits per heavy atom. The normalized spacial score (nSPS) is 12.3. The summed E-state index contributed by atoms with van der Waals surface area (Å²) in [5.41, 5.74) is 0.0497. The van der Waals surface area contributed by atoms with Crippen LogP contribution in [0.4, 0.5) is 4.39 Å². The fourth-order valence-corrected chi connectivity index (χ4v) is 1.28. The van der Waals surface area contributed by atoms with Crippen LogP contribution in [0.25, 0.3) is 0 Å². The van der Waals surface area contributed by atoms with E-state index < -0.39 is 10.6 Å². The summed E-state index contributed by atoms with van der Waals surface area (Å²) >= 11 is 3.10. The highest BCUT2D eigenvalue weighted by Gasteiger charge is 2.16. The van der Waals surface area contributed by atoms with E-state index in [1.165, 1.54) is 25.3 Å². The Morgan fingerprint density at radius 3 is 2.71 bits per heavy atom. The molecule has 76 valence electrons. The number of rotatable bonds is 3. The SMILES string of the molecule is COc1ccc(F)c(C(=O)C(C)Br)c1. The minimum absolute atomic E-state index is 0.0497. The molecule has 0 fully saturated rings. The first-order chi connectivity index (χ1) is 6.56. The average molecular weight is 261 g/mol. The largest absolute Gasteiger partial charge is 0.497 e. The molecular weight excluding hydrogens is 251 g/mol. The topological polar surface area (TPSA) is 26.3 Å². The molecule has 0 saturated carbocycles. The smallest absolute Gasteiger partial charge is 0.179 e. The van der Waals surface area contributed by atoms with Gasteiger partial charge in [-0.05, 0) is 25.1 Å². The van der Waals surface area contributed by atoms with Crippen molar-refractivity contribution in [1.82, 2.24) is 0 Å². The van der Waals surface area contributed by atoms with E-state index in [-0.39, 0.29) is 11.3 Å². The average Bonchev–Trinajstić information content (AvgIpc) is 2.17. The van der Waals surface area contributed by atoms with Crippen molar-refractivity contribution in [3.8, 4) is 5.75 Å². The number of ketones is 1. The van der Waals surface area contributed by atoms with E-state index in [0.717, 1.165) is 0 Å². The molecule has 0 aliphatic carbocycles. The van der Waals surface area contributed by atoms with Crippen LogP contribution in [0.5, 0.6) is 5.75 Å². The lowest BCUT2D eigenvalue weighted by Crippen LogP contribution is -2.12. The molecule has 0 radical (unpaired) electrons. The Labute approximate surface area is 90.2 Å².